The number of hydrogen-bond donors (Lipinski definition) is 2. The number of H-pyrrole nitrogens is 1. The van der Waals surface area contributed by atoms with Gasteiger partial charge in [-0.15, -0.1) is 0 Å². The highest BCUT2D eigenvalue weighted by molar-refractivity contribution is 9.10. The lowest BCUT2D eigenvalue weighted by Crippen LogP contribution is -2.13. The second kappa shape index (κ2) is 5.97. The van der Waals surface area contributed by atoms with Crippen molar-refractivity contribution in [2.75, 3.05) is 5.32 Å². The summed E-state index contributed by atoms with van der Waals surface area (Å²) in [6, 6.07) is 5.85. The normalized spacial score (nSPS) is 10.5. The number of nitrogens with zero attached hydrogens (tertiary/aromatic N) is 1. The van der Waals surface area contributed by atoms with Crippen molar-refractivity contribution < 1.29 is 4.39 Å². The molecule has 0 saturated carbocycles. The highest BCUT2D eigenvalue weighted by atomic mass is 79.9. The smallest absolute Gasteiger partial charge is 0.252 e. The van der Waals surface area contributed by atoms with Crippen molar-refractivity contribution in [2.45, 2.75) is 19.9 Å². The summed E-state index contributed by atoms with van der Waals surface area (Å²) in [6.07, 6.45) is 0.647. The van der Waals surface area contributed by atoms with E-state index < -0.39 is 0 Å². The lowest BCUT2D eigenvalue weighted by molar-refractivity contribution is 0.625. The molecule has 0 bridgehead atoms. The molecule has 1 heterocycles. The molecule has 0 fully saturated rings. The predicted molar refractivity (Wildman–Crippen MR) is 75.7 cm³/mol. The van der Waals surface area contributed by atoms with Crippen molar-refractivity contribution in [1.82, 2.24) is 9.97 Å². The molecule has 1 aromatic carbocycles. The van der Waals surface area contributed by atoms with Gasteiger partial charge in [-0.2, -0.15) is 0 Å². The van der Waals surface area contributed by atoms with Crippen molar-refractivity contribution >= 4 is 21.7 Å². The highest BCUT2D eigenvalue weighted by Crippen LogP contribution is 2.18. The summed E-state index contributed by atoms with van der Waals surface area (Å²) in [5.41, 5.74) is 0.563. The molecule has 1 aromatic heterocycles. The molecule has 4 nitrogen and oxygen atoms in total. The zero-order valence-corrected chi connectivity index (χ0v) is 11.9. The van der Waals surface area contributed by atoms with Crippen molar-refractivity contribution in [3.05, 3.63) is 56.3 Å². The van der Waals surface area contributed by atoms with Gasteiger partial charge in [-0.25, -0.2) is 9.37 Å². The Bertz CT molecular complexity index is 642. The van der Waals surface area contributed by atoms with Gasteiger partial charge in [0, 0.05) is 23.5 Å². The van der Waals surface area contributed by atoms with Gasteiger partial charge in [0.25, 0.3) is 5.56 Å². The third kappa shape index (κ3) is 3.64. The van der Waals surface area contributed by atoms with E-state index in [-0.39, 0.29) is 11.4 Å². The molecule has 0 spiro atoms. The zero-order chi connectivity index (χ0) is 13.8. The third-order valence-electron chi connectivity index (χ3n) is 2.59. The van der Waals surface area contributed by atoms with Crippen LogP contribution in [0.1, 0.15) is 18.3 Å². The van der Waals surface area contributed by atoms with E-state index in [9.17, 15) is 9.18 Å². The molecule has 0 unspecified atom stereocenters. The number of aromatic nitrogens is 2. The van der Waals surface area contributed by atoms with Crippen molar-refractivity contribution in [1.29, 1.82) is 0 Å². The summed E-state index contributed by atoms with van der Waals surface area (Å²) in [7, 11) is 0. The Labute approximate surface area is 118 Å². The Morgan fingerprint density at radius 1 is 1.42 bits per heavy atom. The fourth-order valence-electron chi connectivity index (χ4n) is 1.63. The van der Waals surface area contributed by atoms with E-state index in [1.807, 2.05) is 6.92 Å². The predicted octanol–water partition coefficient (Wildman–Crippen LogP) is 2.85. The van der Waals surface area contributed by atoms with Crippen molar-refractivity contribution in [2.24, 2.45) is 0 Å². The summed E-state index contributed by atoms with van der Waals surface area (Å²) in [5.74, 6) is 0.804. The first kappa shape index (κ1) is 13.7. The average Bonchev–Trinajstić information content (AvgIpc) is 2.39. The molecule has 0 aliphatic carbocycles. The Morgan fingerprint density at radius 2 is 2.21 bits per heavy atom. The quantitative estimate of drug-likeness (QED) is 0.908. The largest absolute Gasteiger partial charge is 0.366 e. The maximum Gasteiger partial charge on any atom is 0.252 e. The summed E-state index contributed by atoms with van der Waals surface area (Å²) in [5, 5.41) is 3.02. The molecule has 0 saturated heterocycles. The highest BCUT2D eigenvalue weighted by Gasteiger charge is 2.04. The average molecular weight is 326 g/mol. The summed E-state index contributed by atoms with van der Waals surface area (Å²) >= 11 is 3.35. The van der Waals surface area contributed by atoms with Crippen LogP contribution in [0, 0.1) is 5.82 Å². The fraction of sp³-hybridized carbons (Fsp3) is 0.231. The standard InChI is InChI=1S/C13H13BrFN3O/c1-2-11-17-12(6-13(19)18-11)16-7-8-5-9(15)3-4-10(8)14/h3-6H,2,7H2,1H3,(H2,16,17,18,19). The maximum absolute atomic E-state index is 13.1. The van der Waals surface area contributed by atoms with E-state index in [4.69, 9.17) is 0 Å². The Kier molecular flexibility index (Phi) is 4.31. The SMILES string of the molecule is CCc1nc(NCc2cc(F)ccc2Br)cc(=O)[nH]1. The number of rotatable bonds is 4. The molecule has 2 rings (SSSR count). The monoisotopic (exact) mass is 325 g/mol. The van der Waals surface area contributed by atoms with Crippen LogP contribution >= 0.6 is 15.9 Å². The van der Waals surface area contributed by atoms with Gasteiger partial charge >= 0.3 is 0 Å². The van der Waals surface area contributed by atoms with Gasteiger partial charge in [0.15, 0.2) is 0 Å². The van der Waals surface area contributed by atoms with Gasteiger partial charge in [0.05, 0.1) is 0 Å². The Morgan fingerprint density at radius 3 is 2.95 bits per heavy atom. The third-order valence-corrected chi connectivity index (χ3v) is 3.37. The van der Waals surface area contributed by atoms with Crippen LogP contribution in [0.2, 0.25) is 0 Å². The molecule has 2 N–H and O–H groups in total. The molecule has 2 aromatic rings. The fourth-order valence-corrected chi connectivity index (χ4v) is 2.02. The first-order valence-electron chi connectivity index (χ1n) is 5.86. The number of hydrogen-bond acceptors (Lipinski definition) is 3. The molecule has 0 atom stereocenters. The number of aryl methyl sites for hydroxylation is 1. The second-order valence-electron chi connectivity index (χ2n) is 4.02. The Balaban J connectivity index is 2.16. The van der Waals surface area contributed by atoms with Gasteiger partial charge in [0.1, 0.15) is 17.5 Å². The van der Waals surface area contributed by atoms with Crippen molar-refractivity contribution in [3.63, 3.8) is 0 Å². The zero-order valence-electron chi connectivity index (χ0n) is 10.3. The summed E-state index contributed by atoms with van der Waals surface area (Å²) in [4.78, 5) is 18.3. The number of anilines is 1. The van der Waals surface area contributed by atoms with Crippen molar-refractivity contribution in [3.8, 4) is 0 Å². The molecular weight excluding hydrogens is 313 g/mol. The first-order chi connectivity index (χ1) is 9.08. The molecule has 0 amide bonds. The maximum atomic E-state index is 13.1. The van der Waals surface area contributed by atoms with E-state index in [1.165, 1.54) is 18.2 Å². The molecule has 0 aliphatic rings. The van der Waals surface area contributed by atoms with E-state index in [2.05, 4.69) is 31.2 Å². The minimum absolute atomic E-state index is 0.201. The number of nitrogens with one attached hydrogen (secondary N) is 2. The lowest BCUT2D eigenvalue weighted by atomic mass is 10.2. The van der Waals surface area contributed by atoms with Crippen LogP contribution in [-0.2, 0) is 13.0 Å². The molecule has 0 aliphatic heterocycles. The van der Waals surface area contributed by atoms with Crippen LogP contribution in [0.5, 0.6) is 0 Å². The first-order valence-corrected chi connectivity index (χ1v) is 6.66. The van der Waals surface area contributed by atoms with Crippen LogP contribution in [0.3, 0.4) is 0 Å². The second-order valence-corrected chi connectivity index (χ2v) is 4.87. The number of aromatic amines is 1. The molecule has 0 radical (unpaired) electrons. The van der Waals surface area contributed by atoms with Crippen LogP contribution < -0.4 is 10.9 Å². The van der Waals surface area contributed by atoms with Gasteiger partial charge in [-0.1, -0.05) is 22.9 Å². The topological polar surface area (TPSA) is 57.8 Å². The molecule has 19 heavy (non-hydrogen) atoms. The number of halogens is 2. The van der Waals surface area contributed by atoms with Crippen LogP contribution in [0.15, 0.2) is 33.5 Å². The van der Waals surface area contributed by atoms with Crippen LogP contribution in [-0.4, -0.2) is 9.97 Å². The van der Waals surface area contributed by atoms with Gasteiger partial charge in [-0.3, -0.25) is 4.79 Å². The lowest BCUT2D eigenvalue weighted by Gasteiger charge is -2.08. The van der Waals surface area contributed by atoms with Gasteiger partial charge in [-0.05, 0) is 23.8 Å². The Hall–Kier alpha value is -1.69. The van der Waals surface area contributed by atoms with E-state index in [0.29, 0.717) is 24.6 Å². The minimum Gasteiger partial charge on any atom is -0.366 e. The van der Waals surface area contributed by atoms with E-state index in [0.717, 1.165) is 10.0 Å². The minimum atomic E-state index is -0.298. The van der Waals surface area contributed by atoms with Crippen LogP contribution in [0.4, 0.5) is 10.2 Å². The molecule has 100 valence electrons. The number of benzene rings is 1. The molecule has 6 heteroatoms. The van der Waals surface area contributed by atoms with Gasteiger partial charge < -0.3 is 10.3 Å². The summed E-state index contributed by atoms with van der Waals surface area (Å²) in [6.45, 7) is 2.29. The van der Waals surface area contributed by atoms with E-state index in [1.54, 1.807) is 6.07 Å². The van der Waals surface area contributed by atoms with Gasteiger partial charge in [0.2, 0.25) is 0 Å². The molecular formula is C13H13BrFN3O. The van der Waals surface area contributed by atoms with E-state index >= 15 is 0 Å². The summed E-state index contributed by atoms with van der Waals surface area (Å²) < 4.78 is 13.9. The van der Waals surface area contributed by atoms with Crippen LogP contribution in [0.25, 0.3) is 0 Å².